The molecule has 0 spiro atoms. The van der Waals surface area contributed by atoms with Gasteiger partial charge in [0.15, 0.2) is 0 Å². The van der Waals surface area contributed by atoms with Gasteiger partial charge in [-0.3, -0.25) is 4.79 Å². The van der Waals surface area contributed by atoms with E-state index in [9.17, 15) is 4.79 Å². The number of H-pyrrole nitrogens is 1. The number of thioether (sulfide) groups is 1. The van der Waals surface area contributed by atoms with Crippen molar-refractivity contribution < 1.29 is 4.42 Å². The summed E-state index contributed by atoms with van der Waals surface area (Å²) in [5.74, 6) is 0.815. The number of fused-ring (bicyclic) bond motifs is 1. The summed E-state index contributed by atoms with van der Waals surface area (Å²) in [4.78, 5) is 19.3. The van der Waals surface area contributed by atoms with Gasteiger partial charge >= 0.3 is 0 Å². The Morgan fingerprint density at radius 1 is 1.00 bits per heavy atom. The van der Waals surface area contributed by atoms with Crippen LogP contribution in [-0.2, 0) is 5.75 Å². The van der Waals surface area contributed by atoms with Gasteiger partial charge < -0.3 is 9.40 Å². The second-order valence-corrected chi connectivity index (χ2v) is 5.98. The molecule has 0 saturated heterocycles. The number of nitrogens with one attached hydrogen (secondary N) is 1. The molecule has 2 aromatic carbocycles. The molecule has 0 aliphatic carbocycles. The van der Waals surface area contributed by atoms with Gasteiger partial charge in [0.1, 0.15) is 5.69 Å². The van der Waals surface area contributed by atoms with Crippen molar-refractivity contribution in [2.75, 3.05) is 0 Å². The molecular formula is C17H12N4O2S. The molecule has 0 aliphatic heterocycles. The smallest absolute Gasteiger partial charge is 0.277 e. The maximum absolute atomic E-state index is 12.1. The molecule has 0 saturated carbocycles. The van der Waals surface area contributed by atoms with Crippen LogP contribution in [0.3, 0.4) is 0 Å². The third-order valence-corrected chi connectivity index (χ3v) is 4.26. The van der Waals surface area contributed by atoms with E-state index >= 15 is 0 Å². The van der Waals surface area contributed by atoms with E-state index in [1.807, 2.05) is 54.6 Å². The lowest BCUT2D eigenvalue weighted by molar-refractivity contribution is 0.466. The fourth-order valence-electron chi connectivity index (χ4n) is 2.26. The van der Waals surface area contributed by atoms with Crippen molar-refractivity contribution >= 4 is 22.8 Å². The Labute approximate surface area is 141 Å². The summed E-state index contributed by atoms with van der Waals surface area (Å²) in [5.41, 5.74) is 2.56. The van der Waals surface area contributed by atoms with Gasteiger partial charge in [-0.25, -0.2) is 4.98 Å². The Kier molecular flexibility index (Phi) is 3.84. The van der Waals surface area contributed by atoms with Crippen molar-refractivity contribution in [3.8, 4) is 11.5 Å². The van der Waals surface area contributed by atoms with Crippen LogP contribution < -0.4 is 5.56 Å². The summed E-state index contributed by atoms with van der Waals surface area (Å²) in [6.07, 6.45) is 0. The van der Waals surface area contributed by atoms with Gasteiger partial charge in [-0.2, -0.15) is 0 Å². The van der Waals surface area contributed by atoms with Gasteiger partial charge in [-0.1, -0.05) is 42.1 Å². The first kappa shape index (κ1) is 14.6. The number of aromatic amines is 1. The van der Waals surface area contributed by atoms with Crippen molar-refractivity contribution in [1.82, 2.24) is 20.2 Å². The predicted octanol–water partition coefficient (Wildman–Crippen LogP) is 3.27. The van der Waals surface area contributed by atoms with Crippen molar-refractivity contribution in [2.24, 2.45) is 0 Å². The molecule has 1 N–H and O–H groups in total. The first-order chi connectivity index (χ1) is 11.8. The van der Waals surface area contributed by atoms with Gasteiger partial charge in [-0.15, -0.1) is 10.2 Å². The van der Waals surface area contributed by atoms with Gasteiger partial charge in [0.2, 0.25) is 5.89 Å². The predicted molar refractivity (Wildman–Crippen MR) is 91.7 cm³/mol. The van der Waals surface area contributed by atoms with Crippen LogP contribution in [0.1, 0.15) is 5.69 Å². The molecule has 0 atom stereocenters. The molecule has 2 aromatic heterocycles. The molecule has 0 unspecified atom stereocenters. The summed E-state index contributed by atoms with van der Waals surface area (Å²) >= 11 is 1.29. The average Bonchev–Trinajstić information content (AvgIpc) is 3.10. The third kappa shape index (κ3) is 2.93. The molecule has 7 heteroatoms. The number of hydrogen-bond acceptors (Lipinski definition) is 6. The first-order valence-corrected chi connectivity index (χ1v) is 8.28. The van der Waals surface area contributed by atoms with Crippen LogP contribution in [-0.4, -0.2) is 20.2 Å². The largest absolute Gasteiger partial charge is 0.411 e. The third-order valence-electron chi connectivity index (χ3n) is 3.43. The Morgan fingerprint density at radius 3 is 2.67 bits per heavy atom. The highest BCUT2D eigenvalue weighted by Gasteiger charge is 2.11. The van der Waals surface area contributed by atoms with Crippen LogP contribution in [0.15, 0.2) is 69.0 Å². The molecule has 4 rings (SSSR count). The van der Waals surface area contributed by atoms with E-state index in [0.717, 1.165) is 16.6 Å². The van der Waals surface area contributed by atoms with E-state index in [1.165, 1.54) is 11.8 Å². The molecule has 0 amide bonds. The summed E-state index contributed by atoms with van der Waals surface area (Å²) in [5, 5.41) is 8.44. The fourth-order valence-corrected chi connectivity index (χ4v) is 2.95. The maximum atomic E-state index is 12.1. The highest BCUT2D eigenvalue weighted by Crippen LogP contribution is 2.24. The monoisotopic (exact) mass is 336 g/mol. The Balaban J connectivity index is 1.54. The lowest BCUT2D eigenvalue weighted by Gasteiger charge is -2.00. The number of hydrogen-bond donors (Lipinski definition) is 1. The van der Waals surface area contributed by atoms with Crippen molar-refractivity contribution in [2.45, 2.75) is 11.0 Å². The van der Waals surface area contributed by atoms with E-state index in [0.29, 0.717) is 22.6 Å². The summed E-state index contributed by atoms with van der Waals surface area (Å²) in [7, 11) is 0. The fraction of sp³-hybridized carbons (Fsp3) is 0.0588. The minimum Gasteiger partial charge on any atom is -0.411 e. The quantitative estimate of drug-likeness (QED) is 0.576. The van der Waals surface area contributed by atoms with Crippen molar-refractivity contribution in [3.63, 3.8) is 0 Å². The van der Waals surface area contributed by atoms with Crippen LogP contribution in [0.2, 0.25) is 0 Å². The van der Waals surface area contributed by atoms with Gasteiger partial charge in [0.25, 0.3) is 10.8 Å². The zero-order chi connectivity index (χ0) is 16.4. The molecule has 4 aromatic rings. The van der Waals surface area contributed by atoms with E-state index in [-0.39, 0.29) is 5.56 Å². The highest BCUT2D eigenvalue weighted by atomic mass is 32.2. The Bertz CT molecular complexity index is 1040. The molecule has 2 heterocycles. The Hall–Kier alpha value is -2.93. The van der Waals surface area contributed by atoms with Crippen LogP contribution in [0, 0.1) is 0 Å². The molecule has 0 radical (unpaired) electrons. The van der Waals surface area contributed by atoms with Crippen LogP contribution >= 0.6 is 11.8 Å². The Morgan fingerprint density at radius 2 is 1.79 bits per heavy atom. The molecule has 0 bridgehead atoms. The van der Waals surface area contributed by atoms with Crippen LogP contribution in [0.5, 0.6) is 0 Å². The molecule has 118 valence electrons. The van der Waals surface area contributed by atoms with Crippen molar-refractivity contribution in [1.29, 1.82) is 0 Å². The van der Waals surface area contributed by atoms with E-state index in [4.69, 9.17) is 4.42 Å². The lowest BCUT2D eigenvalue weighted by Crippen LogP contribution is -2.14. The normalized spacial score (nSPS) is 11.0. The molecular weight excluding hydrogens is 324 g/mol. The zero-order valence-corrected chi connectivity index (χ0v) is 13.3. The summed E-state index contributed by atoms with van der Waals surface area (Å²) in [6, 6.07) is 17.0. The van der Waals surface area contributed by atoms with Gasteiger partial charge in [-0.05, 0) is 24.3 Å². The maximum Gasteiger partial charge on any atom is 0.277 e. The number of rotatable bonds is 4. The topological polar surface area (TPSA) is 84.7 Å². The second kappa shape index (κ2) is 6.29. The number of benzene rings is 2. The van der Waals surface area contributed by atoms with Crippen molar-refractivity contribution in [3.05, 3.63) is 70.6 Å². The van der Waals surface area contributed by atoms with E-state index in [1.54, 1.807) is 0 Å². The number of aromatic nitrogens is 4. The zero-order valence-electron chi connectivity index (χ0n) is 12.5. The summed E-state index contributed by atoms with van der Waals surface area (Å²) < 4.78 is 5.62. The molecule has 0 aliphatic rings. The van der Waals surface area contributed by atoms with Gasteiger partial charge in [0, 0.05) is 5.56 Å². The van der Waals surface area contributed by atoms with E-state index < -0.39 is 0 Å². The number of para-hydroxylation sites is 2. The SMILES string of the molecule is O=c1[nH]c2ccccc2nc1CSc1nnc(-c2ccccc2)o1. The van der Waals surface area contributed by atoms with Gasteiger partial charge in [0.05, 0.1) is 16.8 Å². The van der Waals surface area contributed by atoms with Crippen LogP contribution in [0.25, 0.3) is 22.5 Å². The first-order valence-electron chi connectivity index (χ1n) is 7.29. The lowest BCUT2D eigenvalue weighted by atomic mass is 10.2. The average molecular weight is 336 g/mol. The molecule has 6 nitrogen and oxygen atoms in total. The van der Waals surface area contributed by atoms with E-state index in [2.05, 4.69) is 20.2 Å². The molecule has 0 fully saturated rings. The highest BCUT2D eigenvalue weighted by molar-refractivity contribution is 7.98. The standard InChI is InChI=1S/C17H12N4O2S/c22-15-14(18-12-8-4-5-9-13(12)19-15)10-24-17-21-20-16(23-17)11-6-2-1-3-7-11/h1-9H,10H2,(H,19,22). The second-order valence-electron chi connectivity index (χ2n) is 5.06. The van der Waals surface area contributed by atoms with Crippen LogP contribution in [0.4, 0.5) is 0 Å². The molecule has 24 heavy (non-hydrogen) atoms. The summed E-state index contributed by atoms with van der Waals surface area (Å²) in [6.45, 7) is 0. The minimum absolute atomic E-state index is 0.205. The minimum atomic E-state index is -0.205. The number of nitrogens with zero attached hydrogens (tertiary/aromatic N) is 3.